The maximum Gasteiger partial charge on any atom is 0.132 e. The van der Waals surface area contributed by atoms with Crippen LogP contribution in [0.5, 0.6) is 0 Å². The van der Waals surface area contributed by atoms with Crippen molar-refractivity contribution < 1.29 is 0 Å². The van der Waals surface area contributed by atoms with E-state index in [4.69, 9.17) is 0 Å². The Labute approximate surface area is 134 Å². The Morgan fingerprint density at radius 3 is 2.14 bits per heavy atom. The maximum atomic E-state index is 4.31. The molecule has 0 amide bonds. The minimum atomic E-state index is 1.11. The normalized spacial score (nSPS) is 10.8. The average Bonchev–Trinajstić information content (AvgIpc) is 3.04. The van der Waals surface area contributed by atoms with Crippen molar-refractivity contribution >= 4 is 5.82 Å². The number of nitrogens with one attached hydrogen (secondary N) is 1. The second kappa shape index (κ2) is 9.29. The van der Waals surface area contributed by atoms with Crippen LogP contribution in [-0.4, -0.2) is 23.3 Å². The van der Waals surface area contributed by atoms with Crippen molar-refractivity contribution in [3.8, 4) is 11.1 Å². The highest BCUT2D eigenvalue weighted by Gasteiger charge is 2.14. The monoisotopic (exact) mass is 299 g/mol. The topological polar surface area (TPSA) is 31.9 Å². The van der Waals surface area contributed by atoms with E-state index in [1.807, 2.05) is 6.20 Å². The van der Waals surface area contributed by atoms with Gasteiger partial charge in [-0.25, -0.2) is 0 Å². The summed E-state index contributed by atoms with van der Waals surface area (Å²) in [5, 5.41) is 7.54. The zero-order chi connectivity index (χ0) is 15.6. The van der Waals surface area contributed by atoms with E-state index in [1.165, 1.54) is 55.5 Å². The lowest BCUT2D eigenvalue weighted by atomic mass is 10.1. The number of hydrogen-bond donors (Lipinski definition) is 1. The lowest BCUT2D eigenvalue weighted by Crippen LogP contribution is -2.26. The van der Waals surface area contributed by atoms with Gasteiger partial charge in [0.1, 0.15) is 5.82 Å². The van der Waals surface area contributed by atoms with Crippen molar-refractivity contribution in [3.05, 3.63) is 36.5 Å². The van der Waals surface area contributed by atoms with Gasteiger partial charge in [-0.15, -0.1) is 0 Å². The van der Waals surface area contributed by atoms with Crippen molar-refractivity contribution in [2.45, 2.75) is 52.4 Å². The van der Waals surface area contributed by atoms with Gasteiger partial charge in [0.2, 0.25) is 0 Å². The number of anilines is 1. The first-order valence-corrected chi connectivity index (χ1v) is 8.70. The van der Waals surface area contributed by atoms with Crippen LogP contribution >= 0.6 is 0 Å². The Morgan fingerprint density at radius 2 is 1.55 bits per heavy atom. The second-order valence-electron chi connectivity index (χ2n) is 5.90. The van der Waals surface area contributed by atoms with E-state index in [2.05, 4.69) is 59.3 Å². The molecule has 1 N–H and O–H groups in total. The highest BCUT2D eigenvalue weighted by molar-refractivity contribution is 5.75. The number of nitrogens with zero attached hydrogens (tertiary/aromatic N) is 2. The Kier molecular flexibility index (Phi) is 7.01. The standard InChI is InChI=1S/C19H29N3/c1-3-5-10-14-22(15-11-6-4-2)19-18(16-20-21-19)17-12-8-7-9-13-17/h7-9,12-13,16H,3-6,10-11,14-15H2,1-2H3,(H,20,21). The van der Waals surface area contributed by atoms with Gasteiger partial charge in [-0.05, 0) is 18.4 Å². The third kappa shape index (κ3) is 4.62. The van der Waals surface area contributed by atoms with Gasteiger partial charge in [0, 0.05) is 18.7 Å². The SMILES string of the molecule is CCCCCN(CCCCC)c1[nH]ncc1-c1ccccc1. The first-order valence-electron chi connectivity index (χ1n) is 8.70. The van der Waals surface area contributed by atoms with Gasteiger partial charge in [0.05, 0.1) is 6.20 Å². The fraction of sp³-hybridized carbons (Fsp3) is 0.526. The van der Waals surface area contributed by atoms with Crippen molar-refractivity contribution in [1.82, 2.24) is 10.2 Å². The largest absolute Gasteiger partial charge is 0.356 e. The Balaban J connectivity index is 2.14. The molecule has 0 saturated heterocycles. The molecule has 3 heteroatoms. The molecule has 2 aromatic rings. The molecule has 1 aromatic heterocycles. The zero-order valence-corrected chi connectivity index (χ0v) is 14.0. The summed E-state index contributed by atoms with van der Waals surface area (Å²) >= 11 is 0. The highest BCUT2D eigenvalue weighted by atomic mass is 15.3. The molecular weight excluding hydrogens is 270 g/mol. The summed E-state index contributed by atoms with van der Waals surface area (Å²) in [7, 11) is 0. The van der Waals surface area contributed by atoms with E-state index in [-0.39, 0.29) is 0 Å². The Hall–Kier alpha value is -1.77. The second-order valence-corrected chi connectivity index (χ2v) is 5.90. The van der Waals surface area contributed by atoms with Gasteiger partial charge in [0.25, 0.3) is 0 Å². The predicted octanol–water partition coefficient (Wildman–Crippen LogP) is 5.26. The first-order chi connectivity index (χ1) is 10.9. The smallest absolute Gasteiger partial charge is 0.132 e. The van der Waals surface area contributed by atoms with Crippen LogP contribution in [0, 0.1) is 0 Å². The molecule has 0 fully saturated rings. The summed E-state index contributed by atoms with van der Waals surface area (Å²) in [5.41, 5.74) is 2.45. The molecule has 0 radical (unpaired) electrons. The molecule has 3 nitrogen and oxygen atoms in total. The summed E-state index contributed by atoms with van der Waals surface area (Å²) in [6.07, 6.45) is 9.55. The Morgan fingerprint density at radius 1 is 0.909 bits per heavy atom. The number of aromatic nitrogens is 2. The molecule has 2 rings (SSSR count). The van der Waals surface area contributed by atoms with Crippen molar-refractivity contribution in [1.29, 1.82) is 0 Å². The van der Waals surface area contributed by atoms with Gasteiger partial charge < -0.3 is 4.90 Å². The number of rotatable bonds is 10. The van der Waals surface area contributed by atoms with Crippen LogP contribution in [0.1, 0.15) is 52.4 Å². The summed E-state index contributed by atoms with van der Waals surface area (Å²) in [6.45, 7) is 6.74. The quantitative estimate of drug-likeness (QED) is 0.606. The van der Waals surface area contributed by atoms with Crippen LogP contribution in [0.15, 0.2) is 36.5 Å². The van der Waals surface area contributed by atoms with E-state index in [0.29, 0.717) is 0 Å². The van der Waals surface area contributed by atoms with Crippen LogP contribution < -0.4 is 4.90 Å². The van der Waals surface area contributed by atoms with E-state index in [0.717, 1.165) is 13.1 Å². The minimum absolute atomic E-state index is 1.11. The Bertz CT molecular complexity index is 508. The molecule has 0 spiro atoms. The van der Waals surface area contributed by atoms with Gasteiger partial charge in [-0.3, -0.25) is 5.10 Å². The lowest BCUT2D eigenvalue weighted by Gasteiger charge is -2.24. The van der Waals surface area contributed by atoms with E-state index in [9.17, 15) is 0 Å². The molecule has 0 bridgehead atoms. The van der Waals surface area contributed by atoms with Crippen molar-refractivity contribution in [2.75, 3.05) is 18.0 Å². The molecule has 1 heterocycles. The fourth-order valence-corrected chi connectivity index (χ4v) is 2.79. The number of benzene rings is 1. The minimum Gasteiger partial charge on any atom is -0.356 e. The van der Waals surface area contributed by atoms with Crippen LogP contribution in [-0.2, 0) is 0 Å². The number of unbranched alkanes of at least 4 members (excludes halogenated alkanes) is 4. The molecule has 0 unspecified atom stereocenters. The van der Waals surface area contributed by atoms with E-state index in [1.54, 1.807) is 0 Å². The number of hydrogen-bond acceptors (Lipinski definition) is 2. The van der Waals surface area contributed by atoms with Crippen LogP contribution in [0.3, 0.4) is 0 Å². The molecule has 120 valence electrons. The summed E-state index contributed by atoms with van der Waals surface area (Å²) < 4.78 is 0. The molecule has 0 aliphatic rings. The molecule has 0 saturated carbocycles. The van der Waals surface area contributed by atoms with Crippen molar-refractivity contribution in [2.24, 2.45) is 0 Å². The highest BCUT2D eigenvalue weighted by Crippen LogP contribution is 2.29. The molecule has 22 heavy (non-hydrogen) atoms. The molecule has 0 aliphatic carbocycles. The van der Waals surface area contributed by atoms with Gasteiger partial charge in [-0.2, -0.15) is 5.10 Å². The van der Waals surface area contributed by atoms with Crippen LogP contribution in [0.25, 0.3) is 11.1 Å². The molecule has 0 aliphatic heterocycles. The third-order valence-electron chi connectivity index (χ3n) is 4.08. The lowest BCUT2D eigenvalue weighted by molar-refractivity contribution is 0.631. The first kappa shape index (κ1) is 16.6. The summed E-state index contributed by atoms with van der Waals surface area (Å²) in [6, 6.07) is 10.5. The van der Waals surface area contributed by atoms with E-state index >= 15 is 0 Å². The third-order valence-corrected chi connectivity index (χ3v) is 4.08. The predicted molar refractivity (Wildman–Crippen MR) is 95.3 cm³/mol. The van der Waals surface area contributed by atoms with Gasteiger partial charge >= 0.3 is 0 Å². The maximum absolute atomic E-state index is 4.31. The number of aromatic amines is 1. The van der Waals surface area contributed by atoms with Crippen LogP contribution in [0.4, 0.5) is 5.82 Å². The average molecular weight is 299 g/mol. The molecular formula is C19H29N3. The number of H-pyrrole nitrogens is 1. The van der Waals surface area contributed by atoms with E-state index < -0.39 is 0 Å². The van der Waals surface area contributed by atoms with Crippen LogP contribution in [0.2, 0.25) is 0 Å². The molecule has 1 aromatic carbocycles. The summed E-state index contributed by atoms with van der Waals surface area (Å²) in [4.78, 5) is 2.49. The molecule has 0 atom stereocenters. The fourth-order valence-electron chi connectivity index (χ4n) is 2.79. The zero-order valence-electron chi connectivity index (χ0n) is 14.0. The summed E-state index contributed by atoms with van der Waals surface area (Å²) in [5.74, 6) is 1.18. The van der Waals surface area contributed by atoms with Gasteiger partial charge in [-0.1, -0.05) is 69.9 Å². The van der Waals surface area contributed by atoms with Gasteiger partial charge in [0.15, 0.2) is 0 Å². The van der Waals surface area contributed by atoms with Crippen molar-refractivity contribution in [3.63, 3.8) is 0 Å².